The summed E-state index contributed by atoms with van der Waals surface area (Å²) >= 11 is 0. The van der Waals surface area contributed by atoms with Crippen LogP contribution >= 0.6 is 0 Å². The maximum Gasteiger partial charge on any atom is 0.433 e. The molecule has 1 aromatic carbocycles. The third kappa shape index (κ3) is 6.03. The third-order valence-electron chi connectivity index (χ3n) is 5.18. The number of halogens is 7. The second-order valence-corrected chi connectivity index (χ2v) is 7.91. The predicted molar refractivity (Wildman–Crippen MR) is 109 cm³/mol. The monoisotopic (exact) mass is 488 g/mol. The lowest BCUT2D eigenvalue weighted by Gasteiger charge is -2.36. The Bertz CT molecular complexity index is 1080. The van der Waals surface area contributed by atoms with Crippen LogP contribution in [-0.4, -0.2) is 28.0 Å². The first-order valence-corrected chi connectivity index (χ1v) is 10.3. The van der Waals surface area contributed by atoms with Gasteiger partial charge in [-0.15, -0.1) is 0 Å². The van der Waals surface area contributed by atoms with Gasteiger partial charge in [-0.2, -0.15) is 13.2 Å². The topological polar surface area (TPSA) is 64.6 Å². The Balaban J connectivity index is 1.64. The first kappa shape index (κ1) is 24.0. The Hall–Kier alpha value is -3.19. The molecule has 0 spiro atoms. The van der Waals surface area contributed by atoms with Crippen molar-refractivity contribution in [3.8, 4) is 0 Å². The molecule has 0 amide bonds. The predicted octanol–water partition coefficient (Wildman–Crippen LogP) is 4.86. The van der Waals surface area contributed by atoms with E-state index in [0.29, 0.717) is 6.07 Å². The Morgan fingerprint density at radius 3 is 2.35 bits per heavy atom. The van der Waals surface area contributed by atoms with Crippen LogP contribution in [-0.2, 0) is 6.18 Å². The summed E-state index contributed by atoms with van der Waals surface area (Å²) in [5.74, 6) is -4.47. The fourth-order valence-corrected chi connectivity index (χ4v) is 3.55. The number of hydrogen-bond acceptors (Lipinski definition) is 5. The number of nitrogens with zero attached hydrogens (tertiary/aromatic N) is 3. The number of benzene rings is 1. The zero-order valence-electron chi connectivity index (χ0n) is 17.4. The zero-order chi connectivity index (χ0) is 24.5. The highest BCUT2D eigenvalue weighted by atomic mass is 19.4. The van der Waals surface area contributed by atoms with Gasteiger partial charge in [0.25, 0.3) is 0 Å². The highest BCUT2D eigenvalue weighted by Crippen LogP contribution is 2.33. The van der Waals surface area contributed by atoms with Crippen molar-refractivity contribution in [3.05, 3.63) is 65.5 Å². The maximum absolute atomic E-state index is 13.6. The number of amidine groups is 1. The van der Waals surface area contributed by atoms with E-state index in [9.17, 15) is 30.7 Å². The summed E-state index contributed by atoms with van der Waals surface area (Å²) in [5, 5.41) is 1.15. The van der Waals surface area contributed by atoms with Crippen LogP contribution in [0.25, 0.3) is 5.70 Å². The van der Waals surface area contributed by atoms with Gasteiger partial charge in [0.1, 0.15) is 23.2 Å². The van der Waals surface area contributed by atoms with E-state index in [1.165, 1.54) is 18.2 Å². The SMILES string of the molecule is Fc1cc(F)cc(N=C2C=C(c3cccc(C(F)(F)F)n3)NN(NC3CCC(F)(F)CC3)N2)c1. The highest BCUT2D eigenvalue weighted by molar-refractivity contribution is 6.00. The molecule has 0 atom stereocenters. The van der Waals surface area contributed by atoms with Gasteiger partial charge in [-0.05, 0) is 37.1 Å². The quantitative estimate of drug-likeness (QED) is 0.537. The minimum Gasteiger partial charge on any atom is -0.285 e. The normalized spacial score (nSPS) is 20.6. The Labute approximate surface area is 189 Å². The first-order chi connectivity index (χ1) is 16.0. The van der Waals surface area contributed by atoms with Crippen LogP contribution in [0.5, 0.6) is 0 Å². The molecule has 0 radical (unpaired) electrons. The summed E-state index contributed by atoms with van der Waals surface area (Å²) in [4.78, 5) is 7.74. The zero-order valence-corrected chi connectivity index (χ0v) is 17.4. The number of rotatable bonds is 4. The van der Waals surface area contributed by atoms with Gasteiger partial charge >= 0.3 is 6.18 Å². The van der Waals surface area contributed by atoms with E-state index in [1.54, 1.807) is 0 Å². The summed E-state index contributed by atoms with van der Waals surface area (Å²) in [6.45, 7) is 0. The number of aromatic nitrogens is 1. The van der Waals surface area contributed by atoms with Crippen LogP contribution in [0.4, 0.5) is 36.4 Å². The summed E-state index contributed by atoms with van der Waals surface area (Å²) in [7, 11) is 0. The minimum atomic E-state index is -4.68. The van der Waals surface area contributed by atoms with Crippen molar-refractivity contribution in [2.45, 2.75) is 43.8 Å². The molecule has 1 fully saturated rings. The van der Waals surface area contributed by atoms with Gasteiger partial charge in [-0.1, -0.05) is 11.3 Å². The van der Waals surface area contributed by atoms with Crippen molar-refractivity contribution < 1.29 is 30.7 Å². The number of hydrazine groups is 3. The van der Waals surface area contributed by atoms with Crippen LogP contribution in [0.3, 0.4) is 0 Å². The summed E-state index contributed by atoms with van der Waals surface area (Å²) in [5.41, 5.74) is 7.25. The lowest BCUT2D eigenvalue weighted by molar-refractivity contribution is -0.141. The van der Waals surface area contributed by atoms with Crippen LogP contribution in [0.15, 0.2) is 47.5 Å². The molecule has 1 saturated carbocycles. The number of alkyl halides is 5. The van der Waals surface area contributed by atoms with E-state index >= 15 is 0 Å². The Kier molecular flexibility index (Phi) is 6.49. The summed E-state index contributed by atoms with van der Waals surface area (Å²) in [6, 6.07) is 5.55. The van der Waals surface area contributed by atoms with E-state index in [1.807, 2.05) is 0 Å². The number of pyridine rings is 1. The van der Waals surface area contributed by atoms with E-state index in [0.717, 1.165) is 23.4 Å². The Morgan fingerprint density at radius 2 is 1.71 bits per heavy atom. The van der Waals surface area contributed by atoms with Crippen molar-refractivity contribution in [1.29, 1.82) is 0 Å². The van der Waals surface area contributed by atoms with E-state index in [-0.39, 0.29) is 54.6 Å². The lowest BCUT2D eigenvalue weighted by atomic mass is 9.93. The van der Waals surface area contributed by atoms with Gasteiger partial charge in [0.05, 0.1) is 17.1 Å². The number of aliphatic imine (C=N–C) groups is 1. The third-order valence-corrected chi connectivity index (χ3v) is 5.18. The molecular formula is C21H19F7N6. The summed E-state index contributed by atoms with van der Waals surface area (Å²) < 4.78 is 93.5. The highest BCUT2D eigenvalue weighted by Gasteiger charge is 2.36. The molecule has 2 aromatic rings. The lowest BCUT2D eigenvalue weighted by Crippen LogP contribution is -2.62. The van der Waals surface area contributed by atoms with Crippen molar-refractivity contribution in [1.82, 2.24) is 26.5 Å². The second kappa shape index (κ2) is 9.22. The fourth-order valence-electron chi connectivity index (χ4n) is 3.55. The smallest absolute Gasteiger partial charge is 0.285 e. The van der Waals surface area contributed by atoms with Crippen LogP contribution in [0.1, 0.15) is 37.1 Å². The van der Waals surface area contributed by atoms with Crippen molar-refractivity contribution in [2.75, 3.05) is 0 Å². The van der Waals surface area contributed by atoms with Crippen LogP contribution in [0.2, 0.25) is 0 Å². The first-order valence-electron chi connectivity index (χ1n) is 10.3. The van der Waals surface area contributed by atoms with Crippen molar-refractivity contribution in [2.24, 2.45) is 4.99 Å². The fraction of sp³-hybridized carbons (Fsp3) is 0.333. The molecule has 1 aliphatic carbocycles. The van der Waals surface area contributed by atoms with E-state index in [2.05, 4.69) is 26.3 Å². The van der Waals surface area contributed by atoms with Crippen LogP contribution < -0.4 is 16.3 Å². The molecule has 0 bridgehead atoms. The van der Waals surface area contributed by atoms with Crippen molar-refractivity contribution in [3.63, 3.8) is 0 Å². The number of nitrogens with one attached hydrogen (secondary N) is 3. The van der Waals surface area contributed by atoms with Gasteiger partial charge in [0.2, 0.25) is 5.92 Å². The Morgan fingerprint density at radius 1 is 1.03 bits per heavy atom. The van der Waals surface area contributed by atoms with Gasteiger partial charge in [-0.3, -0.25) is 10.9 Å². The molecule has 2 heterocycles. The molecule has 0 unspecified atom stereocenters. The van der Waals surface area contributed by atoms with Crippen molar-refractivity contribution >= 4 is 17.2 Å². The summed E-state index contributed by atoms with van der Waals surface area (Å²) in [6.07, 6.45) is -3.71. The molecule has 1 aromatic heterocycles. The average Bonchev–Trinajstić information content (AvgIpc) is 2.74. The average molecular weight is 488 g/mol. The molecular weight excluding hydrogens is 469 g/mol. The number of hydrogen-bond donors (Lipinski definition) is 3. The van der Waals surface area contributed by atoms with Gasteiger partial charge in [0.15, 0.2) is 0 Å². The molecule has 1 aliphatic heterocycles. The molecule has 13 heteroatoms. The molecule has 4 rings (SSSR count). The maximum atomic E-state index is 13.6. The minimum absolute atomic E-state index is 0.00611. The molecule has 34 heavy (non-hydrogen) atoms. The molecule has 182 valence electrons. The molecule has 6 nitrogen and oxygen atoms in total. The van der Waals surface area contributed by atoms with E-state index < -0.39 is 29.4 Å². The standard InChI is InChI=1S/C21H19F7N6/c22-12-8-13(23)10-15(9-12)29-19-11-17(16-2-1-3-18(30-16)21(26,27)28)32-34(33-19)31-14-4-6-20(24,25)7-5-14/h1-3,8-11,14,31-32H,4-7H2,(H,29,33). The van der Waals surface area contributed by atoms with Gasteiger partial charge in [0, 0.05) is 31.0 Å². The second-order valence-electron chi connectivity index (χ2n) is 7.91. The van der Waals surface area contributed by atoms with Gasteiger partial charge < -0.3 is 0 Å². The molecule has 3 N–H and O–H groups in total. The van der Waals surface area contributed by atoms with Gasteiger partial charge in [-0.25, -0.2) is 33.0 Å². The molecule has 2 aliphatic rings. The van der Waals surface area contributed by atoms with E-state index in [4.69, 9.17) is 0 Å². The van der Waals surface area contributed by atoms with Crippen LogP contribution in [0, 0.1) is 11.6 Å². The largest absolute Gasteiger partial charge is 0.433 e. The molecule has 0 saturated heterocycles.